The highest BCUT2D eigenvalue weighted by molar-refractivity contribution is 6.14. The van der Waals surface area contributed by atoms with Gasteiger partial charge in [-0.25, -0.2) is 14.8 Å². The van der Waals surface area contributed by atoms with Gasteiger partial charge in [0.15, 0.2) is 11.5 Å². The Morgan fingerprint density at radius 1 is 1.06 bits per heavy atom. The van der Waals surface area contributed by atoms with E-state index in [1.54, 1.807) is 20.1 Å². The number of aromatic amines is 1. The van der Waals surface area contributed by atoms with Crippen LogP contribution in [0.2, 0.25) is 0 Å². The number of nitrogens with one attached hydrogen (secondary N) is 1. The zero-order valence-corrected chi connectivity index (χ0v) is 20.1. The van der Waals surface area contributed by atoms with Crippen LogP contribution >= 0.6 is 0 Å². The van der Waals surface area contributed by atoms with Crippen molar-refractivity contribution < 1.29 is 28.6 Å². The predicted octanol–water partition coefficient (Wildman–Crippen LogP) is 4.84. The monoisotopic (exact) mass is 486 g/mol. The predicted molar refractivity (Wildman–Crippen MR) is 131 cm³/mol. The first kappa shape index (κ1) is 21.9. The van der Waals surface area contributed by atoms with Crippen molar-refractivity contribution >= 4 is 27.9 Å². The van der Waals surface area contributed by atoms with Gasteiger partial charge in [0, 0.05) is 22.0 Å². The first-order chi connectivity index (χ1) is 17.4. The van der Waals surface area contributed by atoms with Crippen LogP contribution in [0, 0.1) is 20.8 Å². The van der Waals surface area contributed by atoms with Gasteiger partial charge >= 0.3 is 5.97 Å². The van der Waals surface area contributed by atoms with Crippen molar-refractivity contribution in [3.8, 4) is 39.6 Å². The van der Waals surface area contributed by atoms with E-state index in [0.717, 1.165) is 33.1 Å². The molecule has 2 aromatic carbocycles. The Morgan fingerprint density at radius 3 is 2.53 bits per heavy atom. The lowest BCUT2D eigenvalue weighted by molar-refractivity contribution is 0.0686. The Morgan fingerprint density at radius 2 is 1.83 bits per heavy atom. The maximum absolute atomic E-state index is 11.8. The van der Waals surface area contributed by atoms with Crippen molar-refractivity contribution in [1.82, 2.24) is 20.1 Å². The second-order valence-electron chi connectivity index (χ2n) is 8.59. The minimum Gasteiger partial charge on any atom is -0.496 e. The number of aromatic nitrogens is 4. The number of aryl methyl sites for hydroxylation is 3. The number of H-pyrrole nitrogens is 1. The van der Waals surface area contributed by atoms with Crippen LogP contribution in [0.5, 0.6) is 17.2 Å². The Kier molecular flexibility index (Phi) is 4.85. The quantitative estimate of drug-likeness (QED) is 0.366. The minimum absolute atomic E-state index is 0.0418. The molecule has 4 heterocycles. The van der Waals surface area contributed by atoms with Gasteiger partial charge in [0.25, 0.3) is 0 Å². The summed E-state index contributed by atoms with van der Waals surface area (Å²) in [4.78, 5) is 24.6. The number of carboxylic acids is 1. The Hall–Kier alpha value is -4.60. The zero-order valence-electron chi connectivity index (χ0n) is 20.1. The molecule has 0 unspecified atom stereocenters. The highest BCUT2D eigenvalue weighted by atomic mass is 16.6. The third kappa shape index (κ3) is 3.18. The fourth-order valence-electron chi connectivity index (χ4n) is 4.85. The second-order valence-corrected chi connectivity index (χ2v) is 8.59. The number of carbonyl (C=O) groups is 1. The molecule has 0 bridgehead atoms. The normalized spacial score (nSPS) is 12.9. The first-order valence-electron chi connectivity index (χ1n) is 11.3. The largest absolute Gasteiger partial charge is 0.496 e. The molecule has 2 N–H and O–H groups in total. The molecule has 0 atom stereocenters. The van der Waals surface area contributed by atoms with Gasteiger partial charge < -0.3 is 28.8 Å². The maximum atomic E-state index is 11.8. The van der Waals surface area contributed by atoms with Gasteiger partial charge in [-0.3, -0.25) is 0 Å². The van der Waals surface area contributed by atoms with Crippen LogP contribution < -0.4 is 14.2 Å². The van der Waals surface area contributed by atoms with Gasteiger partial charge in [-0.15, -0.1) is 0 Å². The van der Waals surface area contributed by atoms with E-state index >= 15 is 0 Å². The third-order valence-electron chi connectivity index (χ3n) is 6.36. The Balaban J connectivity index is 1.67. The molecule has 0 aliphatic carbocycles. The van der Waals surface area contributed by atoms with Crippen LogP contribution in [0.4, 0.5) is 0 Å². The van der Waals surface area contributed by atoms with Crippen LogP contribution in [0.1, 0.15) is 27.6 Å². The van der Waals surface area contributed by atoms with Crippen LogP contribution in [0.15, 0.2) is 28.8 Å². The zero-order chi connectivity index (χ0) is 25.1. The first-order valence-corrected chi connectivity index (χ1v) is 11.3. The summed E-state index contributed by atoms with van der Waals surface area (Å²) in [5, 5.41) is 15.3. The van der Waals surface area contributed by atoms with Gasteiger partial charge in [-0.05, 0) is 45.0 Å². The molecule has 5 aromatic rings. The molecule has 10 nitrogen and oxygen atoms in total. The van der Waals surface area contributed by atoms with Gasteiger partial charge in [0.05, 0.1) is 29.4 Å². The van der Waals surface area contributed by atoms with Crippen molar-refractivity contribution in [3.05, 3.63) is 47.1 Å². The lowest BCUT2D eigenvalue weighted by atomic mass is 9.98. The van der Waals surface area contributed by atoms with Crippen molar-refractivity contribution in [2.75, 3.05) is 20.3 Å². The molecule has 0 saturated heterocycles. The number of hydrogen-bond acceptors (Lipinski definition) is 8. The molecule has 0 radical (unpaired) electrons. The van der Waals surface area contributed by atoms with Crippen molar-refractivity contribution in [3.63, 3.8) is 0 Å². The molecule has 0 amide bonds. The molecule has 1 aliphatic rings. The third-order valence-corrected chi connectivity index (χ3v) is 6.36. The van der Waals surface area contributed by atoms with Crippen molar-refractivity contribution in [2.24, 2.45) is 0 Å². The van der Waals surface area contributed by atoms with Gasteiger partial charge in [-0.2, -0.15) is 0 Å². The van der Waals surface area contributed by atoms with Gasteiger partial charge in [-0.1, -0.05) is 5.16 Å². The van der Waals surface area contributed by atoms with Crippen LogP contribution in [0.25, 0.3) is 44.3 Å². The van der Waals surface area contributed by atoms with Crippen molar-refractivity contribution in [2.45, 2.75) is 20.8 Å². The molecule has 6 rings (SSSR count). The van der Waals surface area contributed by atoms with Crippen LogP contribution in [-0.2, 0) is 0 Å². The summed E-state index contributed by atoms with van der Waals surface area (Å²) in [7, 11) is 1.62. The van der Waals surface area contributed by atoms with E-state index in [9.17, 15) is 9.90 Å². The standard InChI is InChI=1S/C26H22N4O6/c1-11-20(12(2)36-30-11)17-9-18-16(10-19(17)33-4)21-22(27-13(3)28-25(21)29-18)14-5-6-15(26(31)32)24-23(14)34-7-8-35-24/h5-6,9-10H,7-8H2,1-4H3,(H,31,32)(H,27,28,29). The number of rotatable bonds is 4. The maximum Gasteiger partial charge on any atom is 0.339 e. The molecular formula is C26H22N4O6. The molecule has 0 fully saturated rings. The second kappa shape index (κ2) is 7.98. The summed E-state index contributed by atoms with van der Waals surface area (Å²) in [5.41, 5.74) is 5.22. The fourth-order valence-corrected chi connectivity index (χ4v) is 4.85. The summed E-state index contributed by atoms with van der Waals surface area (Å²) in [6.07, 6.45) is 0. The molecule has 0 spiro atoms. The van der Waals surface area contributed by atoms with E-state index in [0.29, 0.717) is 46.6 Å². The fraction of sp³-hybridized carbons (Fsp3) is 0.231. The van der Waals surface area contributed by atoms with E-state index in [1.807, 2.05) is 26.0 Å². The molecule has 0 saturated carbocycles. The summed E-state index contributed by atoms with van der Waals surface area (Å²) in [6, 6.07) is 7.14. The summed E-state index contributed by atoms with van der Waals surface area (Å²) in [5.74, 6) is 1.36. The van der Waals surface area contributed by atoms with E-state index in [2.05, 4.69) is 15.1 Å². The van der Waals surface area contributed by atoms with Gasteiger partial charge in [0.2, 0.25) is 0 Å². The molecule has 3 aromatic heterocycles. The van der Waals surface area contributed by atoms with Crippen LogP contribution in [0.3, 0.4) is 0 Å². The highest BCUT2D eigenvalue weighted by Crippen LogP contribution is 2.46. The molecule has 1 aliphatic heterocycles. The smallest absolute Gasteiger partial charge is 0.339 e. The SMILES string of the molecule is COc1cc2c(cc1-c1c(C)noc1C)[nH]c1nc(C)nc(-c3ccc(C(=O)O)c4c3OCCO4)c12. The van der Waals surface area contributed by atoms with E-state index < -0.39 is 5.97 Å². The molecular weight excluding hydrogens is 464 g/mol. The summed E-state index contributed by atoms with van der Waals surface area (Å²) < 4.78 is 22.8. The molecule has 10 heteroatoms. The summed E-state index contributed by atoms with van der Waals surface area (Å²) in [6.45, 7) is 6.13. The number of hydrogen-bond donors (Lipinski definition) is 2. The lowest BCUT2D eigenvalue weighted by Gasteiger charge is -2.22. The number of ether oxygens (including phenoxy) is 3. The Bertz CT molecular complexity index is 1680. The van der Waals surface area contributed by atoms with Gasteiger partial charge in [0.1, 0.15) is 41.8 Å². The van der Waals surface area contributed by atoms with Crippen LogP contribution in [-0.4, -0.2) is 51.5 Å². The Labute approximate surface area is 204 Å². The molecule has 36 heavy (non-hydrogen) atoms. The number of aromatic carboxylic acids is 1. The van der Waals surface area contributed by atoms with E-state index in [1.165, 1.54) is 6.07 Å². The number of methoxy groups -OCH3 is 1. The highest BCUT2D eigenvalue weighted by Gasteiger charge is 2.27. The number of benzene rings is 2. The van der Waals surface area contributed by atoms with E-state index in [-0.39, 0.29) is 17.9 Å². The average Bonchev–Trinajstić information content (AvgIpc) is 3.39. The van der Waals surface area contributed by atoms with Crippen molar-refractivity contribution in [1.29, 1.82) is 0 Å². The molecule has 182 valence electrons. The number of nitrogens with zero attached hydrogens (tertiary/aromatic N) is 3. The van der Waals surface area contributed by atoms with E-state index in [4.69, 9.17) is 23.7 Å². The lowest BCUT2D eigenvalue weighted by Crippen LogP contribution is -2.18. The minimum atomic E-state index is -1.09. The number of fused-ring (bicyclic) bond motifs is 4. The summed E-state index contributed by atoms with van der Waals surface area (Å²) >= 11 is 0. The number of carboxylic acid groups (broad SMARTS) is 1. The topological polar surface area (TPSA) is 133 Å². The average molecular weight is 486 g/mol.